The third-order valence-electron chi connectivity index (χ3n) is 4.84. The highest BCUT2D eigenvalue weighted by molar-refractivity contribution is 5.89. The lowest BCUT2D eigenvalue weighted by Gasteiger charge is -2.35. The Morgan fingerprint density at radius 1 is 1.16 bits per heavy atom. The summed E-state index contributed by atoms with van der Waals surface area (Å²) in [5.74, 6) is -0.271. The van der Waals surface area contributed by atoms with Gasteiger partial charge in [0.15, 0.2) is 0 Å². The number of hydrogen-bond acceptors (Lipinski definition) is 4. The predicted molar refractivity (Wildman–Crippen MR) is 101 cm³/mol. The molecule has 5 nitrogen and oxygen atoms in total. The Labute approximate surface area is 156 Å². The van der Waals surface area contributed by atoms with Crippen LogP contribution in [-0.4, -0.2) is 25.0 Å². The first-order chi connectivity index (χ1) is 11.6. The lowest BCUT2D eigenvalue weighted by Crippen LogP contribution is -2.38. The molecule has 25 heavy (non-hydrogen) atoms. The Morgan fingerprint density at radius 2 is 1.80 bits per heavy atom. The van der Waals surface area contributed by atoms with Crippen LogP contribution in [0.1, 0.15) is 61.4 Å². The zero-order chi connectivity index (χ0) is 17.4. The molecule has 0 aliphatic heterocycles. The van der Waals surface area contributed by atoms with E-state index in [4.69, 9.17) is 10.5 Å². The number of ether oxygens (including phenoxy) is 1. The molecule has 1 aromatic carbocycles. The van der Waals surface area contributed by atoms with E-state index in [2.05, 4.69) is 5.32 Å². The lowest BCUT2D eigenvalue weighted by atomic mass is 9.71. The van der Waals surface area contributed by atoms with Crippen LogP contribution in [0.15, 0.2) is 24.3 Å². The Bertz CT molecular complexity index is 554. The van der Waals surface area contributed by atoms with Crippen LogP contribution < -0.4 is 11.1 Å². The van der Waals surface area contributed by atoms with Crippen molar-refractivity contribution in [1.82, 2.24) is 5.32 Å². The van der Waals surface area contributed by atoms with Crippen LogP contribution in [0.3, 0.4) is 0 Å². The van der Waals surface area contributed by atoms with Gasteiger partial charge in [-0.1, -0.05) is 31.4 Å². The molecule has 0 saturated heterocycles. The van der Waals surface area contributed by atoms with Gasteiger partial charge < -0.3 is 15.8 Å². The highest BCUT2D eigenvalue weighted by atomic mass is 35.5. The van der Waals surface area contributed by atoms with Gasteiger partial charge in [-0.25, -0.2) is 4.79 Å². The average Bonchev–Trinajstić information content (AvgIpc) is 2.61. The summed E-state index contributed by atoms with van der Waals surface area (Å²) < 4.78 is 4.95. The molecule has 1 amide bonds. The predicted octanol–water partition coefficient (Wildman–Crippen LogP) is 3.20. The molecule has 1 aromatic rings. The number of halogens is 1. The fourth-order valence-electron chi connectivity index (χ4n) is 3.33. The largest absolute Gasteiger partial charge is 0.462 e. The summed E-state index contributed by atoms with van der Waals surface area (Å²) in [4.78, 5) is 23.9. The second kappa shape index (κ2) is 10.4. The van der Waals surface area contributed by atoms with Crippen LogP contribution in [0.5, 0.6) is 0 Å². The van der Waals surface area contributed by atoms with Crippen LogP contribution >= 0.6 is 12.4 Å². The summed E-state index contributed by atoms with van der Waals surface area (Å²) in [6.45, 7) is 3.18. The molecule has 1 saturated carbocycles. The lowest BCUT2D eigenvalue weighted by molar-refractivity contribution is -0.124. The maximum atomic E-state index is 12.3. The molecule has 1 fully saturated rings. The first-order valence-corrected chi connectivity index (χ1v) is 8.81. The van der Waals surface area contributed by atoms with E-state index >= 15 is 0 Å². The number of carbonyl (C=O) groups excluding carboxylic acids is 2. The summed E-state index contributed by atoms with van der Waals surface area (Å²) in [6.07, 6.45) is 6.18. The molecule has 0 unspecified atom stereocenters. The number of hydrogen-bond donors (Lipinski definition) is 2. The maximum absolute atomic E-state index is 12.3. The topological polar surface area (TPSA) is 81.4 Å². The van der Waals surface area contributed by atoms with Gasteiger partial charge in [0.05, 0.1) is 12.2 Å². The minimum absolute atomic E-state index is 0. The fraction of sp³-hybridized carbons (Fsp3) is 0.579. The van der Waals surface area contributed by atoms with Crippen molar-refractivity contribution in [3.05, 3.63) is 35.4 Å². The quantitative estimate of drug-likeness (QED) is 0.724. The molecule has 0 aromatic heterocycles. The Kier molecular flexibility index (Phi) is 8.93. The Balaban J connectivity index is 0.00000312. The van der Waals surface area contributed by atoms with Crippen molar-refractivity contribution in [2.75, 3.05) is 13.2 Å². The first-order valence-electron chi connectivity index (χ1n) is 8.81. The summed E-state index contributed by atoms with van der Waals surface area (Å²) in [5, 5.41) is 2.97. The van der Waals surface area contributed by atoms with Crippen LogP contribution in [0.2, 0.25) is 0 Å². The van der Waals surface area contributed by atoms with Gasteiger partial charge >= 0.3 is 5.97 Å². The normalized spacial score (nSPS) is 15.8. The van der Waals surface area contributed by atoms with Gasteiger partial charge in [0.1, 0.15) is 0 Å². The van der Waals surface area contributed by atoms with Gasteiger partial charge in [-0.05, 0) is 49.4 Å². The minimum Gasteiger partial charge on any atom is -0.462 e. The molecule has 0 radical (unpaired) electrons. The fourth-order valence-corrected chi connectivity index (χ4v) is 3.33. The van der Waals surface area contributed by atoms with Crippen LogP contribution in [-0.2, 0) is 16.1 Å². The summed E-state index contributed by atoms with van der Waals surface area (Å²) in [5.41, 5.74) is 7.41. The molecule has 1 aliphatic carbocycles. The molecule has 2 rings (SSSR count). The van der Waals surface area contributed by atoms with Gasteiger partial charge in [0, 0.05) is 13.0 Å². The second-order valence-electron chi connectivity index (χ2n) is 6.64. The molecule has 0 heterocycles. The van der Waals surface area contributed by atoms with Gasteiger partial charge in [-0.2, -0.15) is 0 Å². The molecule has 1 aliphatic rings. The monoisotopic (exact) mass is 368 g/mol. The molecule has 0 spiro atoms. The highest BCUT2D eigenvalue weighted by Gasteiger charge is 2.32. The minimum atomic E-state index is -0.324. The van der Waals surface area contributed by atoms with Crippen molar-refractivity contribution in [2.24, 2.45) is 11.1 Å². The number of nitrogens with two attached hydrogens (primary N) is 1. The summed E-state index contributed by atoms with van der Waals surface area (Å²) in [7, 11) is 0. The van der Waals surface area contributed by atoms with E-state index in [1.165, 1.54) is 19.3 Å². The number of amides is 1. The number of nitrogens with one attached hydrogen (secondary N) is 1. The van der Waals surface area contributed by atoms with Gasteiger partial charge in [0.25, 0.3) is 0 Å². The molecule has 6 heteroatoms. The molecule has 140 valence electrons. The van der Waals surface area contributed by atoms with Crippen molar-refractivity contribution in [3.63, 3.8) is 0 Å². The molecule has 0 bridgehead atoms. The van der Waals surface area contributed by atoms with Crippen molar-refractivity contribution in [3.8, 4) is 0 Å². The molecular formula is C19H29ClN2O3. The van der Waals surface area contributed by atoms with E-state index < -0.39 is 0 Å². The van der Waals surface area contributed by atoms with Crippen molar-refractivity contribution < 1.29 is 14.3 Å². The van der Waals surface area contributed by atoms with E-state index in [1.807, 2.05) is 12.1 Å². The third kappa shape index (κ3) is 6.33. The Hall–Kier alpha value is -1.59. The number of esters is 1. The smallest absolute Gasteiger partial charge is 0.338 e. The highest BCUT2D eigenvalue weighted by Crippen LogP contribution is 2.38. The van der Waals surface area contributed by atoms with Gasteiger partial charge in [0.2, 0.25) is 5.91 Å². The van der Waals surface area contributed by atoms with E-state index in [1.54, 1.807) is 19.1 Å². The zero-order valence-electron chi connectivity index (χ0n) is 14.9. The summed E-state index contributed by atoms with van der Waals surface area (Å²) >= 11 is 0. The van der Waals surface area contributed by atoms with Crippen LogP contribution in [0.4, 0.5) is 0 Å². The second-order valence-corrected chi connectivity index (χ2v) is 6.64. The van der Waals surface area contributed by atoms with E-state index in [9.17, 15) is 9.59 Å². The zero-order valence-corrected chi connectivity index (χ0v) is 15.7. The third-order valence-corrected chi connectivity index (χ3v) is 4.84. The van der Waals surface area contributed by atoms with E-state index in [0.717, 1.165) is 18.4 Å². The number of rotatable bonds is 7. The van der Waals surface area contributed by atoms with Crippen LogP contribution in [0.25, 0.3) is 0 Å². The average molecular weight is 369 g/mol. The van der Waals surface area contributed by atoms with E-state index in [-0.39, 0.29) is 29.7 Å². The number of carbonyl (C=O) groups is 2. The van der Waals surface area contributed by atoms with Crippen molar-refractivity contribution in [1.29, 1.82) is 0 Å². The Morgan fingerprint density at radius 3 is 2.36 bits per heavy atom. The van der Waals surface area contributed by atoms with E-state index in [0.29, 0.717) is 31.7 Å². The molecule has 0 atom stereocenters. The summed E-state index contributed by atoms with van der Waals surface area (Å²) in [6, 6.07) is 7.13. The van der Waals surface area contributed by atoms with Crippen molar-refractivity contribution >= 4 is 24.3 Å². The standard InChI is InChI=1S/C19H28N2O3.ClH/c1-2-24-18(23)16-8-6-15(7-9-16)13-21-17(22)12-19(14-20)10-4-3-5-11-19;/h6-9H,2-5,10-14,20H2,1H3,(H,21,22);1H. The van der Waals surface area contributed by atoms with Crippen LogP contribution in [0, 0.1) is 5.41 Å². The van der Waals surface area contributed by atoms with Gasteiger partial charge in [-0.3, -0.25) is 4.79 Å². The van der Waals surface area contributed by atoms with Crippen molar-refractivity contribution in [2.45, 2.75) is 52.0 Å². The number of benzene rings is 1. The SMILES string of the molecule is CCOC(=O)c1ccc(CNC(=O)CC2(CN)CCCCC2)cc1.Cl. The first kappa shape index (κ1) is 21.5. The molecule has 3 N–H and O–H groups in total. The van der Waals surface area contributed by atoms with Gasteiger partial charge in [-0.15, -0.1) is 12.4 Å². The molecular weight excluding hydrogens is 340 g/mol. The maximum Gasteiger partial charge on any atom is 0.338 e.